The summed E-state index contributed by atoms with van der Waals surface area (Å²) in [6.07, 6.45) is 10.8. The third kappa shape index (κ3) is 3.60. The van der Waals surface area contributed by atoms with Gasteiger partial charge in [0.1, 0.15) is 0 Å². The van der Waals surface area contributed by atoms with E-state index in [9.17, 15) is 0 Å². The summed E-state index contributed by atoms with van der Waals surface area (Å²) in [6.45, 7) is 22.3. The Morgan fingerprint density at radius 1 is 0.756 bits per heavy atom. The van der Waals surface area contributed by atoms with E-state index in [-0.39, 0.29) is 28.5 Å². The quantitative estimate of drug-likeness (QED) is 0.259. The van der Waals surface area contributed by atoms with Gasteiger partial charge in [0, 0.05) is 34.2 Å². The molecule has 3 heterocycles. The lowest BCUT2D eigenvalue weighted by Gasteiger charge is -2.53. The minimum absolute atomic E-state index is 0.0795. The van der Waals surface area contributed by atoms with Gasteiger partial charge in [-0.2, -0.15) is 0 Å². The molecule has 6 aliphatic rings. The van der Waals surface area contributed by atoms with E-state index in [1.165, 1.54) is 85.1 Å². The van der Waals surface area contributed by atoms with Crippen molar-refractivity contribution in [3.63, 3.8) is 0 Å². The molecule has 5 atom stereocenters. The predicted molar refractivity (Wildman–Crippen MR) is 194 cm³/mol. The Labute approximate surface area is 273 Å². The van der Waals surface area contributed by atoms with Crippen molar-refractivity contribution in [3.05, 3.63) is 64.7 Å². The minimum Gasteiger partial charge on any atom is -0.339 e. The van der Waals surface area contributed by atoms with Crippen molar-refractivity contribution in [1.29, 1.82) is 0 Å². The van der Waals surface area contributed by atoms with Crippen LogP contribution in [-0.4, -0.2) is 18.3 Å². The van der Waals surface area contributed by atoms with Crippen LogP contribution in [0.5, 0.6) is 0 Å². The molecular formula is C42H53BN2. The van der Waals surface area contributed by atoms with Crippen molar-refractivity contribution >= 4 is 45.9 Å². The molecule has 3 aromatic carbocycles. The summed E-state index contributed by atoms with van der Waals surface area (Å²) < 4.78 is 0. The van der Waals surface area contributed by atoms with Gasteiger partial charge in [0.05, 0.1) is 5.54 Å². The highest BCUT2D eigenvalue weighted by Gasteiger charge is 2.62. The smallest absolute Gasteiger partial charge is 0.252 e. The fourth-order valence-electron chi connectivity index (χ4n) is 11.3. The lowest BCUT2D eigenvalue weighted by molar-refractivity contribution is 0.195. The Hall–Kier alpha value is -2.68. The molecule has 45 heavy (non-hydrogen) atoms. The molecule has 0 aromatic heterocycles. The van der Waals surface area contributed by atoms with E-state index in [1.807, 2.05) is 0 Å². The van der Waals surface area contributed by atoms with Gasteiger partial charge in [0.25, 0.3) is 6.71 Å². The van der Waals surface area contributed by atoms with Crippen LogP contribution in [0.15, 0.2) is 42.5 Å². The van der Waals surface area contributed by atoms with E-state index in [0.29, 0.717) is 6.04 Å². The fraction of sp³-hybridized carbons (Fsp3) is 0.571. The second kappa shape index (κ2) is 8.81. The molecule has 0 N–H and O–H groups in total. The number of nitrogens with zero attached hydrogens (tertiary/aromatic N) is 2. The van der Waals surface area contributed by atoms with Gasteiger partial charge in [-0.3, -0.25) is 0 Å². The Balaban J connectivity index is 1.40. The summed E-state index contributed by atoms with van der Waals surface area (Å²) in [7, 11) is 0. The van der Waals surface area contributed by atoms with E-state index >= 15 is 0 Å². The molecule has 0 saturated heterocycles. The third-order valence-electron chi connectivity index (χ3n) is 14.0. The first-order chi connectivity index (χ1) is 21.2. The summed E-state index contributed by atoms with van der Waals surface area (Å²) in [5.41, 5.74) is 17.2. The second-order valence-electron chi connectivity index (χ2n) is 18.6. The maximum atomic E-state index is 2.92. The van der Waals surface area contributed by atoms with Gasteiger partial charge in [0.2, 0.25) is 0 Å². The van der Waals surface area contributed by atoms with Crippen LogP contribution in [0.3, 0.4) is 0 Å². The number of fused-ring (bicyclic) bond motifs is 9. The van der Waals surface area contributed by atoms with Gasteiger partial charge in [-0.15, -0.1) is 0 Å². The molecule has 234 valence electrons. The Kier molecular flexibility index (Phi) is 5.59. The fourth-order valence-corrected chi connectivity index (χ4v) is 11.3. The molecule has 0 spiro atoms. The average molecular weight is 597 g/mol. The highest BCUT2D eigenvalue weighted by Crippen LogP contribution is 2.62. The van der Waals surface area contributed by atoms with E-state index in [1.54, 1.807) is 27.6 Å². The van der Waals surface area contributed by atoms with Gasteiger partial charge in [-0.05, 0) is 125 Å². The van der Waals surface area contributed by atoms with E-state index in [0.717, 1.165) is 11.8 Å². The lowest BCUT2D eigenvalue weighted by atomic mass is 9.33. The van der Waals surface area contributed by atoms with Gasteiger partial charge in [-0.25, -0.2) is 0 Å². The molecule has 5 unspecified atom stereocenters. The summed E-state index contributed by atoms with van der Waals surface area (Å²) >= 11 is 0. The highest BCUT2D eigenvalue weighted by molar-refractivity contribution is 7.00. The molecule has 0 amide bonds. The highest BCUT2D eigenvalue weighted by atomic mass is 15.3. The first-order valence-corrected chi connectivity index (χ1v) is 18.3. The van der Waals surface area contributed by atoms with Crippen LogP contribution in [0.1, 0.15) is 129 Å². The Morgan fingerprint density at radius 2 is 1.47 bits per heavy atom. The number of hydrogen-bond donors (Lipinski definition) is 0. The van der Waals surface area contributed by atoms with Crippen LogP contribution < -0.4 is 26.2 Å². The lowest BCUT2D eigenvalue weighted by Crippen LogP contribution is -2.65. The zero-order chi connectivity index (χ0) is 31.4. The topological polar surface area (TPSA) is 6.48 Å². The van der Waals surface area contributed by atoms with Gasteiger partial charge < -0.3 is 9.80 Å². The van der Waals surface area contributed by atoms with Crippen molar-refractivity contribution in [2.75, 3.05) is 9.80 Å². The number of hydrogen-bond acceptors (Lipinski definition) is 2. The molecule has 2 bridgehead atoms. The maximum Gasteiger partial charge on any atom is 0.252 e. The Bertz CT molecular complexity index is 1770. The first-order valence-electron chi connectivity index (χ1n) is 18.3. The van der Waals surface area contributed by atoms with Crippen molar-refractivity contribution in [3.8, 4) is 0 Å². The predicted octanol–water partition coefficient (Wildman–Crippen LogP) is 8.80. The molecule has 3 aliphatic heterocycles. The molecule has 3 saturated carbocycles. The molecule has 2 nitrogen and oxygen atoms in total. The number of benzene rings is 3. The summed E-state index contributed by atoms with van der Waals surface area (Å²) in [5, 5.41) is 0. The van der Waals surface area contributed by atoms with Crippen molar-refractivity contribution in [2.24, 2.45) is 11.8 Å². The monoisotopic (exact) mass is 596 g/mol. The number of aryl methyl sites for hydroxylation is 1. The molecule has 0 radical (unpaired) electrons. The van der Waals surface area contributed by atoms with E-state index < -0.39 is 0 Å². The normalized spacial score (nSPS) is 30.8. The van der Waals surface area contributed by atoms with Gasteiger partial charge in [0.15, 0.2) is 0 Å². The average Bonchev–Trinajstić information content (AvgIpc) is 3.65. The minimum atomic E-state index is 0.0795. The molecule has 3 aliphatic carbocycles. The second-order valence-corrected chi connectivity index (χ2v) is 18.6. The SMILES string of the molecule is Cc1cc2c3c(c1)N1c4c(cc(C(C)(C)C)cc4C4(C)CCCCC14C)B3c1cc(C(C)(C)C)ccc1N2C1CC2CCC1C2. The van der Waals surface area contributed by atoms with Crippen molar-refractivity contribution in [2.45, 2.75) is 142 Å². The zero-order valence-electron chi connectivity index (χ0n) is 29.4. The standard InChI is InChI=1S/C42H53BN2/c1-25-18-35-37-36(19-25)45-38-30(41(8)16-10-11-17-42(41,45)9)22-29(40(5,6)7)24-32(38)43(37)31-23-28(39(2,3)4)14-15-33(31)44(35)34-21-26-12-13-27(34)20-26/h14-15,18-19,22-24,26-27,34H,10-13,16-17,20-21H2,1-9H3. The van der Waals surface area contributed by atoms with E-state index in [2.05, 4.69) is 115 Å². The number of anilines is 4. The Morgan fingerprint density at radius 3 is 2.16 bits per heavy atom. The molecule has 3 aromatic rings. The summed E-state index contributed by atoms with van der Waals surface area (Å²) in [6, 6.07) is 18.7. The summed E-state index contributed by atoms with van der Waals surface area (Å²) in [4.78, 5) is 5.81. The van der Waals surface area contributed by atoms with Crippen LogP contribution in [0, 0.1) is 18.8 Å². The van der Waals surface area contributed by atoms with Crippen LogP contribution in [0.2, 0.25) is 0 Å². The first kappa shape index (κ1) is 28.5. The largest absolute Gasteiger partial charge is 0.339 e. The van der Waals surface area contributed by atoms with Crippen LogP contribution in [0.4, 0.5) is 22.7 Å². The van der Waals surface area contributed by atoms with Gasteiger partial charge >= 0.3 is 0 Å². The molecule has 9 rings (SSSR count). The van der Waals surface area contributed by atoms with Gasteiger partial charge in [-0.1, -0.05) is 92.0 Å². The zero-order valence-corrected chi connectivity index (χ0v) is 29.4. The maximum absolute atomic E-state index is 2.92. The molecular weight excluding hydrogens is 543 g/mol. The van der Waals surface area contributed by atoms with E-state index in [4.69, 9.17) is 0 Å². The molecule has 3 fully saturated rings. The van der Waals surface area contributed by atoms with Crippen molar-refractivity contribution < 1.29 is 0 Å². The summed E-state index contributed by atoms with van der Waals surface area (Å²) in [5.74, 6) is 1.73. The number of rotatable bonds is 1. The molecule has 3 heteroatoms. The van der Waals surface area contributed by atoms with Crippen molar-refractivity contribution in [1.82, 2.24) is 0 Å². The van der Waals surface area contributed by atoms with Crippen LogP contribution in [-0.2, 0) is 16.2 Å². The third-order valence-corrected chi connectivity index (χ3v) is 14.0. The van der Waals surface area contributed by atoms with Crippen LogP contribution in [0.25, 0.3) is 0 Å². The van der Waals surface area contributed by atoms with Crippen LogP contribution >= 0.6 is 0 Å².